The van der Waals surface area contributed by atoms with Gasteiger partial charge in [-0.05, 0) is 29.7 Å². The van der Waals surface area contributed by atoms with Crippen LogP contribution in [0.2, 0.25) is 0 Å². The monoisotopic (exact) mass is 550 g/mol. The lowest BCUT2D eigenvalue weighted by Gasteiger charge is -2.50. The van der Waals surface area contributed by atoms with E-state index in [0.717, 1.165) is 5.56 Å². The van der Waals surface area contributed by atoms with Crippen LogP contribution in [0.15, 0.2) is 48.7 Å². The van der Waals surface area contributed by atoms with E-state index < -0.39 is 28.5 Å². The molecule has 210 valence electrons. The number of anilines is 1. The third kappa shape index (κ3) is 4.44. The molecule has 0 bridgehead atoms. The minimum Gasteiger partial charge on any atom is -0.384 e. The van der Waals surface area contributed by atoms with Gasteiger partial charge in [-0.1, -0.05) is 44.2 Å². The van der Waals surface area contributed by atoms with Crippen molar-refractivity contribution in [1.82, 2.24) is 15.2 Å². The van der Waals surface area contributed by atoms with Crippen molar-refractivity contribution in [3.8, 4) is 0 Å². The molecule has 3 amide bonds. The second-order valence-electron chi connectivity index (χ2n) is 11.8. The molecule has 3 aromatic rings. The average Bonchev–Trinajstić information content (AvgIpc) is 2.90. The van der Waals surface area contributed by atoms with Gasteiger partial charge in [-0.3, -0.25) is 24.9 Å². The van der Waals surface area contributed by atoms with E-state index in [1.54, 1.807) is 30.3 Å². The minimum atomic E-state index is -1.44. The Morgan fingerprint density at radius 2 is 1.85 bits per heavy atom. The highest BCUT2D eigenvalue weighted by Gasteiger charge is 2.50. The van der Waals surface area contributed by atoms with Crippen LogP contribution in [0.3, 0.4) is 0 Å². The number of alkyl halides is 1. The number of aliphatic hydroxyl groups is 1. The van der Waals surface area contributed by atoms with Crippen LogP contribution in [0.1, 0.15) is 43.4 Å². The van der Waals surface area contributed by atoms with Crippen molar-refractivity contribution in [2.45, 2.75) is 44.5 Å². The molecule has 8 nitrogen and oxygen atoms in total. The molecule has 3 aliphatic heterocycles. The predicted octanol–water partition coefficient (Wildman–Crippen LogP) is 4.13. The van der Waals surface area contributed by atoms with Gasteiger partial charge in [-0.15, -0.1) is 0 Å². The number of carbonyl (C=O) groups is 2. The molecule has 10 heteroatoms. The smallest absolute Gasteiger partial charge is 0.328 e. The summed E-state index contributed by atoms with van der Waals surface area (Å²) in [6.45, 7) is 5.90. The highest BCUT2D eigenvalue weighted by molar-refractivity contribution is 6.06. The van der Waals surface area contributed by atoms with E-state index in [0.29, 0.717) is 42.8 Å². The Labute approximate surface area is 230 Å². The summed E-state index contributed by atoms with van der Waals surface area (Å²) in [5, 5.41) is 14.5. The fraction of sp³-hybridized carbons (Fsp3) is 0.433. The topological polar surface area (TPSA) is 95.0 Å². The molecule has 2 N–H and O–H groups in total. The van der Waals surface area contributed by atoms with E-state index in [4.69, 9.17) is 4.74 Å². The van der Waals surface area contributed by atoms with Crippen LogP contribution in [0.5, 0.6) is 0 Å². The number of benzene rings is 2. The highest BCUT2D eigenvalue weighted by Crippen LogP contribution is 2.48. The third-order valence-electron chi connectivity index (χ3n) is 8.66. The Kier molecular flexibility index (Phi) is 6.40. The first-order valence-corrected chi connectivity index (χ1v) is 13.5. The first-order valence-electron chi connectivity index (χ1n) is 13.5. The first kappa shape index (κ1) is 26.7. The molecule has 3 fully saturated rings. The van der Waals surface area contributed by atoms with Gasteiger partial charge in [0.05, 0.1) is 36.2 Å². The molecule has 6 rings (SSSR count). The van der Waals surface area contributed by atoms with Gasteiger partial charge in [0.25, 0.3) is 0 Å². The van der Waals surface area contributed by atoms with Gasteiger partial charge < -0.3 is 9.84 Å². The molecule has 0 saturated carbocycles. The summed E-state index contributed by atoms with van der Waals surface area (Å²) < 4.78 is 35.8. The zero-order chi connectivity index (χ0) is 28.3. The molecular weight excluding hydrogens is 518 g/mol. The summed E-state index contributed by atoms with van der Waals surface area (Å²) >= 11 is 0. The number of urea groups is 1. The van der Waals surface area contributed by atoms with Crippen LogP contribution in [0.25, 0.3) is 10.9 Å². The van der Waals surface area contributed by atoms with Gasteiger partial charge in [0.1, 0.15) is 5.82 Å². The molecule has 0 unspecified atom stereocenters. The molecule has 1 aromatic heterocycles. The summed E-state index contributed by atoms with van der Waals surface area (Å²) in [5.74, 6) is -0.923. The normalized spacial score (nSPS) is 24.6. The molecule has 2 aromatic carbocycles. The van der Waals surface area contributed by atoms with Crippen molar-refractivity contribution in [3.05, 3.63) is 71.2 Å². The number of nitrogens with one attached hydrogen (secondary N) is 1. The summed E-state index contributed by atoms with van der Waals surface area (Å²) in [4.78, 5) is 31.8. The molecule has 0 radical (unpaired) electrons. The van der Waals surface area contributed by atoms with Gasteiger partial charge in [-0.2, -0.15) is 0 Å². The number of amides is 3. The fourth-order valence-corrected chi connectivity index (χ4v) is 6.11. The van der Waals surface area contributed by atoms with Crippen molar-refractivity contribution in [3.63, 3.8) is 0 Å². The van der Waals surface area contributed by atoms with Crippen LogP contribution in [-0.2, 0) is 27.3 Å². The summed E-state index contributed by atoms with van der Waals surface area (Å²) in [5.41, 5.74) is -0.911. The number of carbonyl (C=O) groups excluding carboxylic acids is 2. The number of likely N-dealkylation sites (tertiary alicyclic amines) is 1. The number of fused-ring (bicyclic) bond motifs is 1. The van der Waals surface area contributed by atoms with Crippen molar-refractivity contribution in [2.24, 2.45) is 5.41 Å². The molecular formula is C30H32F2N4O4. The maximum Gasteiger partial charge on any atom is 0.328 e. The number of imide groups is 1. The minimum absolute atomic E-state index is 0.0859. The van der Waals surface area contributed by atoms with Crippen LogP contribution in [-0.4, -0.2) is 59.8 Å². The van der Waals surface area contributed by atoms with Crippen molar-refractivity contribution in [1.29, 1.82) is 0 Å². The van der Waals surface area contributed by atoms with Gasteiger partial charge in [0, 0.05) is 49.0 Å². The van der Waals surface area contributed by atoms with E-state index >= 15 is 4.39 Å². The molecule has 4 heterocycles. The summed E-state index contributed by atoms with van der Waals surface area (Å²) in [7, 11) is 0. The van der Waals surface area contributed by atoms with E-state index in [1.807, 2.05) is 26.0 Å². The van der Waals surface area contributed by atoms with Gasteiger partial charge in [0.15, 0.2) is 5.67 Å². The second kappa shape index (κ2) is 9.57. The van der Waals surface area contributed by atoms with Crippen LogP contribution >= 0.6 is 0 Å². The Bertz CT molecular complexity index is 1490. The summed E-state index contributed by atoms with van der Waals surface area (Å²) in [6, 6.07) is 11.7. The molecule has 3 saturated heterocycles. The molecule has 40 heavy (non-hydrogen) atoms. The molecule has 0 aliphatic carbocycles. The lowest BCUT2D eigenvalue weighted by molar-refractivity contribution is -0.135. The van der Waals surface area contributed by atoms with E-state index in [-0.39, 0.29) is 43.0 Å². The number of hydrogen-bond donors (Lipinski definition) is 2. The number of nitrogens with zero attached hydrogens (tertiary/aromatic N) is 3. The average molecular weight is 551 g/mol. The number of halogens is 2. The SMILES string of the molecule is CC1(C)CN(Cc2ccc(C3(F)COC3)cc2)CC[C@]1(O)c1ccc2ncc(N3CCC(=O)NC3=O)cc2c1F. The number of piperidine rings is 1. The lowest BCUT2D eigenvalue weighted by Crippen LogP contribution is -2.55. The number of ether oxygens (including phenoxy) is 1. The van der Waals surface area contributed by atoms with E-state index in [2.05, 4.69) is 15.2 Å². The number of rotatable bonds is 5. The highest BCUT2D eigenvalue weighted by atomic mass is 19.1. The molecule has 1 atom stereocenters. The van der Waals surface area contributed by atoms with Gasteiger partial charge in [0.2, 0.25) is 5.91 Å². The maximum absolute atomic E-state index is 16.1. The van der Waals surface area contributed by atoms with Crippen LogP contribution < -0.4 is 10.2 Å². The third-order valence-corrected chi connectivity index (χ3v) is 8.66. The maximum atomic E-state index is 16.1. The van der Waals surface area contributed by atoms with E-state index in [1.165, 1.54) is 11.1 Å². The fourth-order valence-electron chi connectivity index (χ4n) is 6.11. The largest absolute Gasteiger partial charge is 0.384 e. The Morgan fingerprint density at radius 1 is 1.10 bits per heavy atom. The van der Waals surface area contributed by atoms with Crippen LogP contribution in [0, 0.1) is 11.2 Å². The Hall–Kier alpha value is -3.47. The van der Waals surface area contributed by atoms with Crippen molar-refractivity contribution < 1.29 is 28.2 Å². The zero-order valence-electron chi connectivity index (χ0n) is 22.5. The molecule has 3 aliphatic rings. The van der Waals surface area contributed by atoms with Gasteiger partial charge in [-0.25, -0.2) is 13.6 Å². The van der Waals surface area contributed by atoms with Gasteiger partial charge >= 0.3 is 6.03 Å². The van der Waals surface area contributed by atoms with E-state index in [9.17, 15) is 19.1 Å². The zero-order valence-corrected chi connectivity index (χ0v) is 22.5. The summed E-state index contributed by atoms with van der Waals surface area (Å²) in [6.07, 6.45) is 1.94. The number of hydrogen-bond acceptors (Lipinski definition) is 6. The van der Waals surface area contributed by atoms with Crippen molar-refractivity contribution >= 4 is 28.5 Å². The number of pyridine rings is 1. The number of aromatic nitrogens is 1. The standard InChI is InChI=1S/C30H32F2N4O4/c1-28(2)16-35(15-19-3-5-20(6-4-19)29(32)17-40-18-29)12-10-30(28,39)23-7-8-24-22(26(23)31)13-21(14-33-24)36-11-9-25(37)34-27(36)38/h3-8,13-14,39H,9-12,15-18H2,1-2H3,(H,34,37,38)/t30-/m0/s1. The second-order valence-corrected chi connectivity index (χ2v) is 11.8. The van der Waals surface area contributed by atoms with Crippen molar-refractivity contribution in [2.75, 3.05) is 37.7 Å². The lowest BCUT2D eigenvalue weighted by atomic mass is 9.66. The Balaban J connectivity index is 1.23. The van der Waals surface area contributed by atoms with Crippen LogP contribution in [0.4, 0.5) is 19.3 Å². The Morgan fingerprint density at radius 3 is 2.50 bits per heavy atom. The predicted molar refractivity (Wildman–Crippen MR) is 145 cm³/mol. The first-order chi connectivity index (χ1) is 19.0. The quantitative estimate of drug-likeness (QED) is 0.496. The molecule has 0 spiro atoms.